The molecule has 1 amide bonds. The highest BCUT2D eigenvalue weighted by Gasteiger charge is 2.52. The van der Waals surface area contributed by atoms with Gasteiger partial charge in [-0.2, -0.15) is 9.64 Å². The van der Waals surface area contributed by atoms with Gasteiger partial charge >= 0.3 is 0 Å². The average Bonchev–Trinajstić information content (AvgIpc) is 3.49. The van der Waals surface area contributed by atoms with Gasteiger partial charge in [0.15, 0.2) is 5.82 Å². The molecule has 6 atom stereocenters. The number of aromatic nitrogens is 3. The molecule has 3 saturated heterocycles. The number of rotatable bonds is 9. The van der Waals surface area contributed by atoms with Gasteiger partial charge in [0.05, 0.1) is 58.2 Å². The third-order valence-electron chi connectivity index (χ3n) is 11.8. The number of carbonyl (C=O) groups excluding carboxylic acids is 1. The minimum atomic E-state index is -0.477. The Morgan fingerprint density at radius 2 is 2.00 bits per heavy atom. The number of fused-ring (bicyclic) bond motifs is 4. The fourth-order valence-corrected chi connectivity index (χ4v) is 10.1. The molecule has 1 N–H and O–H groups in total. The number of benzene rings is 2. The maximum Gasteiger partial charge on any atom is 0.226 e. The summed E-state index contributed by atoms with van der Waals surface area (Å²) in [6.45, 7) is 7.40. The number of halogens is 3. The monoisotopic (exact) mass is 756 g/mol. The molecule has 3 aliphatic heterocycles. The first-order valence-electron chi connectivity index (χ1n) is 18.2. The lowest BCUT2D eigenvalue weighted by Crippen LogP contribution is -2.43. The SMILES string of the molecule is Cc1cc(CO[C@H]2C[C@H](c3cc4c(C)nc5c(F)c(-c6cccc(Cl)c6Cl)c(CCC#N)cc5c4n3[C@H]3[C@H]4CN[C@@H]3C4)N(C(=O)C3CC3)[C@@H]2C)ns1. The van der Waals surface area contributed by atoms with Crippen LogP contribution >= 0.6 is 34.7 Å². The fourth-order valence-electron chi connectivity index (χ4n) is 9.14. The second-order valence-corrected chi connectivity index (χ2v) is 16.9. The van der Waals surface area contributed by atoms with E-state index < -0.39 is 5.82 Å². The first-order chi connectivity index (χ1) is 25.1. The summed E-state index contributed by atoms with van der Waals surface area (Å²) < 4.78 is 30.8. The van der Waals surface area contributed by atoms with Crippen LogP contribution in [-0.4, -0.2) is 49.5 Å². The normalized spacial score (nSPS) is 25.3. The Labute approximate surface area is 316 Å². The molecule has 6 heterocycles. The second-order valence-electron chi connectivity index (χ2n) is 15.1. The summed E-state index contributed by atoms with van der Waals surface area (Å²) in [5.41, 5.74) is 5.34. The number of nitrogens with one attached hydrogen (secondary N) is 1. The molecule has 0 spiro atoms. The number of aryl methyl sites for hydroxylation is 3. The highest BCUT2D eigenvalue weighted by molar-refractivity contribution is 7.05. The van der Waals surface area contributed by atoms with Gasteiger partial charge in [-0.1, -0.05) is 35.3 Å². The van der Waals surface area contributed by atoms with E-state index in [1.807, 2.05) is 19.9 Å². The van der Waals surface area contributed by atoms with Gasteiger partial charge < -0.3 is 19.5 Å². The van der Waals surface area contributed by atoms with E-state index in [4.69, 9.17) is 32.9 Å². The Balaban J connectivity index is 1.25. The second kappa shape index (κ2) is 13.1. The zero-order chi connectivity index (χ0) is 36.0. The largest absolute Gasteiger partial charge is 0.370 e. The lowest BCUT2D eigenvalue weighted by Gasteiger charge is -2.39. The summed E-state index contributed by atoms with van der Waals surface area (Å²) in [5, 5.41) is 15.6. The Morgan fingerprint density at radius 1 is 1.17 bits per heavy atom. The lowest BCUT2D eigenvalue weighted by atomic mass is 9.79. The quantitative estimate of drug-likeness (QED) is 0.161. The number of pyridine rings is 1. The van der Waals surface area contributed by atoms with E-state index >= 15 is 4.39 Å². The molecule has 268 valence electrons. The van der Waals surface area contributed by atoms with Crippen molar-refractivity contribution >= 4 is 62.4 Å². The summed E-state index contributed by atoms with van der Waals surface area (Å²) in [5.74, 6) is 0.172. The molecule has 12 heteroatoms. The van der Waals surface area contributed by atoms with E-state index in [-0.39, 0.29) is 59.1 Å². The number of hydrogen-bond donors (Lipinski definition) is 1. The lowest BCUT2D eigenvalue weighted by molar-refractivity contribution is -0.136. The molecule has 0 unspecified atom stereocenters. The number of ether oxygens (including phenoxy) is 1. The Morgan fingerprint density at radius 3 is 2.69 bits per heavy atom. The van der Waals surface area contributed by atoms with Gasteiger partial charge in [-0.3, -0.25) is 4.79 Å². The van der Waals surface area contributed by atoms with Gasteiger partial charge in [0, 0.05) is 69.5 Å². The molecule has 2 aromatic carbocycles. The molecule has 0 radical (unpaired) electrons. The van der Waals surface area contributed by atoms with Crippen LogP contribution in [0.25, 0.3) is 32.9 Å². The van der Waals surface area contributed by atoms with Gasteiger partial charge in [0.25, 0.3) is 0 Å². The number of nitrogens with zero attached hydrogens (tertiary/aromatic N) is 5. The molecule has 3 aromatic heterocycles. The Hall–Kier alpha value is -3.59. The standard InChI is InChI=1S/C40H39Cl2FN6O2S/c1-19-12-25(47-52-19)18-51-33-16-32(48(21(33)3)40(50)22-9-10-22)31-15-27-20(2)46-37-28(39(27)49(31)38-24-14-30(38)45-17-24)13-23(6-5-11-44)34(36(37)43)26-7-4-8-29(41)35(26)42/h4,7-8,12-13,15,21-22,24,30,32-33,38,45H,5-6,9-10,14,16-18H2,1-3H3/t21-,24-,30-,32-,33+,38+/m1/s1. The van der Waals surface area contributed by atoms with Crippen LogP contribution in [0.5, 0.6) is 0 Å². The zero-order valence-corrected chi connectivity index (χ0v) is 31.6. The molecular weight excluding hydrogens is 718 g/mol. The zero-order valence-electron chi connectivity index (χ0n) is 29.3. The van der Waals surface area contributed by atoms with Crippen LogP contribution in [0.4, 0.5) is 4.39 Å². The minimum Gasteiger partial charge on any atom is -0.370 e. The number of amides is 1. The van der Waals surface area contributed by atoms with E-state index in [9.17, 15) is 10.1 Å². The molecule has 52 heavy (non-hydrogen) atoms. The van der Waals surface area contributed by atoms with E-state index in [2.05, 4.69) is 44.3 Å². The molecule has 10 rings (SSSR count). The first-order valence-corrected chi connectivity index (χ1v) is 19.7. The Kier molecular flexibility index (Phi) is 8.59. The number of hydrogen-bond acceptors (Lipinski definition) is 7. The van der Waals surface area contributed by atoms with Crippen molar-refractivity contribution in [1.29, 1.82) is 5.26 Å². The number of carbonyl (C=O) groups is 1. The average molecular weight is 758 g/mol. The van der Waals surface area contributed by atoms with Crippen LogP contribution < -0.4 is 5.32 Å². The summed E-state index contributed by atoms with van der Waals surface area (Å²) in [6.07, 6.45) is 3.93. The molecule has 5 aliphatic rings. The van der Waals surface area contributed by atoms with Crippen LogP contribution in [0.3, 0.4) is 0 Å². The smallest absolute Gasteiger partial charge is 0.226 e. The predicted molar refractivity (Wildman–Crippen MR) is 202 cm³/mol. The van der Waals surface area contributed by atoms with Crippen molar-refractivity contribution in [1.82, 2.24) is 24.1 Å². The highest BCUT2D eigenvalue weighted by Crippen LogP contribution is 2.52. The van der Waals surface area contributed by atoms with E-state index in [1.54, 1.807) is 18.2 Å². The molecular formula is C40H39Cl2FN6O2S. The fraction of sp³-hybridized carbons (Fsp3) is 0.450. The predicted octanol–water partition coefficient (Wildman–Crippen LogP) is 9.02. The van der Waals surface area contributed by atoms with E-state index in [0.29, 0.717) is 58.2 Å². The van der Waals surface area contributed by atoms with E-state index in [1.165, 1.54) is 11.5 Å². The first kappa shape index (κ1) is 34.2. The van der Waals surface area contributed by atoms with Gasteiger partial charge in [-0.15, -0.1) is 0 Å². The van der Waals surface area contributed by atoms with Crippen molar-refractivity contribution in [3.05, 3.63) is 79.8 Å². The minimum absolute atomic E-state index is 0.0435. The topological polar surface area (TPSA) is 96.1 Å². The number of nitriles is 1. The molecule has 5 fully saturated rings. The van der Waals surface area contributed by atoms with Crippen molar-refractivity contribution in [3.63, 3.8) is 0 Å². The molecule has 2 bridgehead atoms. The van der Waals surface area contributed by atoms with Crippen molar-refractivity contribution in [2.45, 2.75) is 96.2 Å². The molecule has 5 aromatic rings. The van der Waals surface area contributed by atoms with Crippen molar-refractivity contribution in [2.24, 2.45) is 11.8 Å². The maximum atomic E-state index is 17.2. The van der Waals surface area contributed by atoms with Gasteiger partial charge in [0.2, 0.25) is 5.91 Å². The van der Waals surface area contributed by atoms with Crippen LogP contribution in [0.1, 0.15) is 78.6 Å². The summed E-state index contributed by atoms with van der Waals surface area (Å²) in [7, 11) is 0. The van der Waals surface area contributed by atoms with Gasteiger partial charge in [-0.05, 0) is 93.7 Å². The van der Waals surface area contributed by atoms with Crippen LogP contribution in [0, 0.1) is 42.8 Å². The molecule has 2 saturated carbocycles. The molecule has 2 aliphatic carbocycles. The molecule has 8 nitrogen and oxygen atoms in total. The maximum absolute atomic E-state index is 17.2. The summed E-state index contributed by atoms with van der Waals surface area (Å²) >= 11 is 14.6. The van der Waals surface area contributed by atoms with Crippen molar-refractivity contribution < 1.29 is 13.9 Å². The van der Waals surface area contributed by atoms with Crippen molar-refractivity contribution in [3.8, 4) is 17.2 Å². The highest BCUT2D eigenvalue weighted by atomic mass is 35.5. The van der Waals surface area contributed by atoms with Crippen LogP contribution in [0.2, 0.25) is 10.0 Å². The van der Waals surface area contributed by atoms with Gasteiger partial charge in [0.1, 0.15) is 5.52 Å². The number of likely N-dealkylation sites (tertiary alicyclic amines) is 1. The third-order valence-corrected chi connectivity index (χ3v) is 13.4. The van der Waals surface area contributed by atoms with Gasteiger partial charge in [-0.25, -0.2) is 9.37 Å². The van der Waals surface area contributed by atoms with Crippen LogP contribution in [-0.2, 0) is 22.6 Å². The third kappa shape index (κ3) is 5.46. The van der Waals surface area contributed by atoms with Crippen molar-refractivity contribution in [2.75, 3.05) is 6.54 Å². The Bertz CT molecular complexity index is 2300. The van der Waals surface area contributed by atoms with Crippen LogP contribution in [0.15, 0.2) is 36.4 Å². The van der Waals surface area contributed by atoms with E-state index in [0.717, 1.165) is 53.0 Å². The summed E-state index contributed by atoms with van der Waals surface area (Å²) in [6, 6.07) is 13.8. The summed E-state index contributed by atoms with van der Waals surface area (Å²) in [4.78, 5) is 22.3.